The summed E-state index contributed by atoms with van der Waals surface area (Å²) < 4.78 is 1.53. The van der Waals surface area contributed by atoms with E-state index in [0.717, 1.165) is 4.90 Å². The number of hydrogen-bond donors (Lipinski definition) is 1. The number of aromatic nitrogens is 2. The lowest BCUT2D eigenvalue weighted by Gasteiger charge is -2.08. The van der Waals surface area contributed by atoms with Crippen molar-refractivity contribution in [2.75, 3.05) is 5.32 Å². The van der Waals surface area contributed by atoms with Gasteiger partial charge in [0.1, 0.15) is 6.20 Å². The van der Waals surface area contributed by atoms with Gasteiger partial charge in [0.05, 0.1) is 0 Å². The Morgan fingerprint density at radius 1 is 1.21 bits per heavy atom. The fourth-order valence-corrected chi connectivity index (χ4v) is 3.55. The molecule has 0 fully saturated rings. The minimum atomic E-state index is -0.561. The van der Waals surface area contributed by atoms with Crippen LogP contribution in [0.4, 0.5) is 11.5 Å². The van der Waals surface area contributed by atoms with Crippen molar-refractivity contribution in [1.82, 2.24) is 9.55 Å². The first-order chi connectivity index (χ1) is 13.4. The molecule has 0 saturated heterocycles. The Kier molecular flexibility index (Phi) is 6.10. The number of aryl methyl sites for hydroxylation is 3. The number of rotatable bonds is 7. The fraction of sp³-hybridized carbons (Fsp3) is 0.200. The lowest BCUT2D eigenvalue weighted by molar-refractivity contribution is -0.389. The van der Waals surface area contributed by atoms with E-state index in [1.165, 1.54) is 33.1 Å². The van der Waals surface area contributed by atoms with Crippen LogP contribution in [0.25, 0.3) is 0 Å². The van der Waals surface area contributed by atoms with E-state index in [1.807, 2.05) is 24.3 Å². The van der Waals surface area contributed by atoms with Gasteiger partial charge in [-0.25, -0.2) is 0 Å². The van der Waals surface area contributed by atoms with Gasteiger partial charge in [-0.2, -0.15) is 0 Å². The molecule has 8 heteroatoms. The Bertz CT molecular complexity index is 999. The number of benzene rings is 2. The van der Waals surface area contributed by atoms with Gasteiger partial charge < -0.3 is 20.0 Å². The molecule has 7 nitrogen and oxygen atoms in total. The van der Waals surface area contributed by atoms with Gasteiger partial charge in [-0.05, 0) is 59.7 Å². The topological polar surface area (TPSA) is 90.1 Å². The molecule has 1 heterocycles. The number of nitrogens with one attached hydrogen (secondary N) is 1. The van der Waals surface area contributed by atoms with Crippen molar-refractivity contribution in [3.63, 3.8) is 0 Å². The summed E-state index contributed by atoms with van der Waals surface area (Å²) >= 11 is 1.68. The van der Waals surface area contributed by atoms with Gasteiger partial charge in [0.15, 0.2) is 0 Å². The molecular formula is C20H20N4O3S. The average Bonchev–Trinajstić information content (AvgIpc) is 3.13. The highest BCUT2D eigenvalue weighted by molar-refractivity contribution is 7.99. The Balaban J connectivity index is 1.53. The van der Waals surface area contributed by atoms with Crippen LogP contribution in [0.2, 0.25) is 0 Å². The Morgan fingerprint density at radius 3 is 2.61 bits per heavy atom. The van der Waals surface area contributed by atoms with Crippen LogP contribution in [0, 0.1) is 24.0 Å². The largest absolute Gasteiger partial charge is 0.381 e. The summed E-state index contributed by atoms with van der Waals surface area (Å²) in [5.41, 5.74) is 3.19. The number of nitro groups is 1. The third kappa shape index (κ3) is 5.20. The van der Waals surface area contributed by atoms with Crippen LogP contribution >= 0.6 is 11.8 Å². The van der Waals surface area contributed by atoms with Crippen LogP contribution in [-0.4, -0.2) is 20.4 Å². The lowest BCUT2D eigenvalue weighted by atomic mass is 10.2. The van der Waals surface area contributed by atoms with E-state index < -0.39 is 4.92 Å². The highest BCUT2D eigenvalue weighted by atomic mass is 32.2. The third-order valence-corrected chi connectivity index (χ3v) is 5.29. The average molecular weight is 396 g/mol. The predicted molar refractivity (Wildman–Crippen MR) is 109 cm³/mol. The van der Waals surface area contributed by atoms with E-state index in [-0.39, 0.29) is 18.1 Å². The molecule has 1 N–H and O–H groups in total. The number of anilines is 1. The Morgan fingerprint density at radius 2 is 1.96 bits per heavy atom. The van der Waals surface area contributed by atoms with Crippen molar-refractivity contribution in [2.45, 2.75) is 36.6 Å². The highest BCUT2D eigenvalue weighted by Gasteiger charge is 2.11. The monoisotopic (exact) mass is 396 g/mol. The molecule has 3 aromatic rings. The van der Waals surface area contributed by atoms with Crippen molar-refractivity contribution in [3.8, 4) is 0 Å². The van der Waals surface area contributed by atoms with Crippen LogP contribution < -0.4 is 5.32 Å². The zero-order chi connectivity index (χ0) is 20.1. The Labute approximate surface area is 166 Å². The zero-order valence-corrected chi connectivity index (χ0v) is 16.4. The van der Waals surface area contributed by atoms with Crippen LogP contribution in [0.15, 0.2) is 64.8 Å². The predicted octanol–water partition coefficient (Wildman–Crippen LogP) is 4.59. The van der Waals surface area contributed by atoms with E-state index in [9.17, 15) is 14.9 Å². The summed E-state index contributed by atoms with van der Waals surface area (Å²) in [5, 5.41) is 13.5. The molecule has 0 aliphatic heterocycles. The number of amides is 1. The number of carbonyl (C=O) groups excluding carboxylic acids is 1. The smallest absolute Gasteiger partial charge is 0.358 e. The third-order valence-electron chi connectivity index (χ3n) is 4.10. The molecule has 0 atom stereocenters. The molecule has 1 amide bonds. The van der Waals surface area contributed by atoms with Gasteiger partial charge >= 0.3 is 5.82 Å². The zero-order valence-electron chi connectivity index (χ0n) is 15.6. The van der Waals surface area contributed by atoms with Gasteiger partial charge in [-0.15, -0.1) is 0 Å². The molecule has 2 aromatic carbocycles. The van der Waals surface area contributed by atoms with Crippen molar-refractivity contribution in [2.24, 2.45) is 0 Å². The molecule has 0 aliphatic carbocycles. The summed E-state index contributed by atoms with van der Waals surface area (Å²) in [6, 6.07) is 14.0. The molecular weight excluding hydrogens is 376 g/mol. The van der Waals surface area contributed by atoms with E-state index in [1.54, 1.807) is 11.8 Å². The highest BCUT2D eigenvalue weighted by Crippen LogP contribution is 2.31. The number of imidazole rings is 1. The van der Waals surface area contributed by atoms with Crippen molar-refractivity contribution < 1.29 is 9.72 Å². The van der Waals surface area contributed by atoms with Crippen molar-refractivity contribution in [3.05, 3.63) is 76.2 Å². The first-order valence-electron chi connectivity index (χ1n) is 8.72. The van der Waals surface area contributed by atoms with Crippen molar-refractivity contribution in [1.29, 1.82) is 0 Å². The first kappa shape index (κ1) is 19.6. The first-order valence-corrected chi connectivity index (χ1v) is 9.53. The minimum absolute atomic E-state index is 0.161. The summed E-state index contributed by atoms with van der Waals surface area (Å²) in [7, 11) is 0. The van der Waals surface area contributed by atoms with E-state index in [4.69, 9.17) is 0 Å². The fourth-order valence-electron chi connectivity index (χ4n) is 2.67. The van der Waals surface area contributed by atoms with Crippen molar-refractivity contribution >= 4 is 29.2 Å². The maximum Gasteiger partial charge on any atom is 0.381 e. The number of nitrogens with zero attached hydrogens (tertiary/aromatic N) is 3. The van der Waals surface area contributed by atoms with Gasteiger partial charge in [-0.3, -0.25) is 4.79 Å². The standard InChI is InChI=1S/C20H20N4O3S/c1-14-3-8-18(15(2)11-14)28-17-6-4-16(5-7-17)22-20(25)9-10-23-12-19(21-13-23)24(26)27/h3-8,11-13H,9-10H2,1-2H3,(H,22,25). The van der Waals surface area contributed by atoms with E-state index in [0.29, 0.717) is 12.2 Å². The SMILES string of the molecule is Cc1ccc(Sc2ccc(NC(=O)CCn3cnc([N+](=O)[O-])c3)cc2)c(C)c1. The lowest BCUT2D eigenvalue weighted by Crippen LogP contribution is -2.13. The molecule has 0 spiro atoms. The van der Waals surface area contributed by atoms with Gasteiger partial charge in [-0.1, -0.05) is 29.5 Å². The summed E-state index contributed by atoms with van der Waals surface area (Å²) in [6.45, 7) is 4.50. The second-order valence-corrected chi connectivity index (χ2v) is 7.54. The van der Waals surface area contributed by atoms with Crippen LogP contribution in [-0.2, 0) is 11.3 Å². The van der Waals surface area contributed by atoms with Crippen LogP contribution in [0.3, 0.4) is 0 Å². The molecule has 1 aromatic heterocycles. The molecule has 0 aliphatic rings. The maximum atomic E-state index is 12.1. The maximum absolute atomic E-state index is 12.1. The normalized spacial score (nSPS) is 10.6. The molecule has 0 saturated carbocycles. The van der Waals surface area contributed by atoms with Gasteiger partial charge in [0.2, 0.25) is 12.2 Å². The van der Waals surface area contributed by atoms with Crippen LogP contribution in [0.5, 0.6) is 0 Å². The molecule has 3 rings (SSSR count). The molecule has 144 valence electrons. The number of hydrogen-bond acceptors (Lipinski definition) is 5. The van der Waals surface area contributed by atoms with E-state index in [2.05, 4.69) is 42.3 Å². The Hall–Kier alpha value is -3.13. The molecule has 0 radical (unpaired) electrons. The summed E-state index contributed by atoms with van der Waals surface area (Å²) in [4.78, 5) is 28.1. The van der Waals surface area contributed by atoms with E-state index >= 15 is 0 Å². The van der Waals surface area contributed by atoms with Gasteiger partial charge in [0.25, 0.3) is 0 Å². The second kappa shape index (κ2) is 8.71. The summed E-state index contributed by atoms with van der Waals surface area (Å²) in [5.74, 6) is -0.386. The minimum Gasteiger partial charge on any atom is -0.358 e. The van der Waals surface area contributed by atoms with Gasteiger partial charge in [0, 0.05) is 28.4 Å². The quantitative estimate of drug-likeness (QED) is 0.466. The van der Waals surface area contributed by atoms with Crippen LogP contribution in [0.1, 0.15) is 17.5 Å². The molecule has 28 heavy (non-hydrogen) atoms. The molecule has 0 bridgehead atoms. The second-order valence-electron chi connectivity index (χ2n) is 6.42. The number of carbonyl (C=O) groups is 1. The molecule has 0 unspecified atom stereocenters. The summed E-state index contributed by atoms with van der Waals surface area (Å²) in [6.07, 6.45) is 2.86.